The molecule has 7 unspecified atom stereocenters. The first-order valence-electron chi connectivity index (χ1n) is 20.6. The summed E-state index contributed by atoms with van der Waals surface area (Å²) in [5.74, 6) is -6.65. The van der Waals surface area contributed by atoms with Crippen molar-refractivity contribution in [3.8, 4) is 0 Å². The number of ether oxygens (including phenoxy) is 3. The summed E-state index contributed by atoms with van der Waals surface area (Å²) < 4.78 is 18.1. The fourth-order valence-electron chi connectivity index (χ4n) is 9.78. The summed E-state index contributed by atoms with van der Waals surface area (Å²) in [5, 5.41) is 34.0. The minimum absolute atomic E-state index is 0.0195. The van der Waals surface area contributed by atoms with Crippen molar-refractivity contribution in [2.24, 2.45) is 41.4 Å². The first-order valence-corrected chi connectivity index (χ1v) is 20.6. The van der Waals surface area contributed by atoms with Crippen LogP contribution in [0.3, 0.4) is 0 Å². The molecule has 2 saturated heterocycles. The van der Waals surface area contributed by atoms with Crippen LogP contribution in [-0.4, -0.2) is 99.7 Å². The van der Waals surface area contributed by atoms with E-state index in [1.165, 1.54) is 4.90 Å². The monoisotopic (exact) mass is 759 g/mol. The van der Waals surface area contributed by atoms with Gasteiger partial charge in [0, 0.05) is 37.8 Å². The summed E-state index contributed by atoms with van der Waals surface area (Å²) >= 11 is 0. The minimum atomic E-state index is -2.34. The van der Waals surface area contributed by atoms with Gasteiger partial charge in [-0.05, 0) is 107 Å². The molecule has 0 spiro atoms. The molecule has 0 aromatic carbocycles. The number of methoxy groups -OCH3 is 1. The molecule has 54 heavy (non-hydrogen) atoms. The van der Waals surface area contributed by atoms with Gasteiger partial charge in [0.05, 0.1) is 24.4 Å². The van der Waals surface area contributed by atoms with E-state index in [0.717, 1.165) is 18.4 Å². The lowest BCUT2D eigenvalue weighted by Gasteiger charge is -2.46. The fourth-order valence-corrected chi connectivity index (χ4v) is 9.78. The van der Waals surface area contributed by atoms with E-state index in [1.54, 1.807) is 21.0 Å². The van der Waals surface area contributed by atoms with Crippen LogP contribution < -0.4 is 0 Å². The molecule has 3 aliphatic heterocycles. The average molecular weight is 760 g/mol. The van der Waals surface area contributed by atoms with Crippen LogP contribution in [0.1, 0.15) is 126 Å². The van der Waals surface area contributed by atoms with E-state index in [2.05, 4.69) is 6.92 Å². The Morgan fingerprint density at radius 1 is 0.963 bits per heavy atom. The predicted octanol–water partition coefficient (Wildman–Crippen LogP) is 5.72. The third kappa shape index (κ3) is 10.3. The highest BCUT2D eigenvalue weighted by Crippen LogP contribution is 2.41. The Labute approximate surface area is 323 Å². The third-order valence-corrected chi connectivity index (χ3v) is 13.0. The van der Waals surface area contributed by atoms with Crippen LogP contribution in [0.4, 0.5) is 0 Å². The highest BCUT2D eigenvalue weighted by Gasteiger charge is 2.55. The summed E-state index contributed by atoms with van der Waals surface area (Å²) in [6.07, 6.45) is 6.31. The number of ketones is 2. The van der Waals surface area contributed by atoms with Gasteiger partial charge in [-0.3, -0.25) is 14.4 Å². The summed E-state index contributed by atoms with van der Waals surface area (Å²) in [6.45, 7) is 15.7. The van der Waals surface area contributed by atoms with Crippen LogP contribution in [0.15, 0.2) is 23.3 Å². The minimum Gasteiger partial charge on any atom is -0.456 e. The smallest absolute Gasteiger partial charge is 0.329 e. The van der Waals surface area contributed by atoms with Crippen molar-refractivity contribution in [1.29, 1.82) is 0 Å². The van der Waals surface area contributed by atoms with Crippen LogP contribution >= 0.6 is 0 Å². The van der Waals surface area contributed by atoms with Crippen LogP contribution in [-0.2, 0) is 33.4 Å². The molecule has 1 amide bonds. The Morgan fingerprint density at radius 3 is 2.31 bits per heavy atom. The van der Waals surface area contributed by atoms with E-state index in [0.29, 0.717) is 50.5 Å². The normalized spacial score (nSPS) is 42.7. The molecule has 3 heterocycles. The van der Waals surface area contributed by atoms with Crippen molar-refractivity contribution < 1.29 is 48.7 Å². The Morgan fingerprint density at radius 2 is 1.65 bits per heavy atom. The van der Waals surface area contributed by atoms with Gasteiger partial charge < -0.3 is 34.4 Å². The summed E-state index contributed by atoms with van der Waals surface area (Å²) in [4.78, 5) is 57.4. The molecule has 4 aliphatic rings. The topological polar surface area (TPSA) is 160 Å². The second-order valence-electron chi connectivity index (χ2n) is 17.6. The lowest BCUT2D eigenvalue weighted by atomic mass is 9.76. The van der Waals surface area contributed by atoms with E-state index in [4.69, 9.17) is 14.2 Å². The number of carbonyl (C=O) groups excluding carboxylic acids is 4. The Balaban J connectivity index is 1.74. The zero-order valence-electron chi connectivity index (χ0n) is 34.3. The number of aliphatic hydroxyl groups is 3. The maximum absolute atomic E-state index is 14.2. The molecular formula is C43H69NO10. The molecule has 0 aromatic heterocycles. The van der Waals surface area contributed by atoms with Crippen molar-refractivity contribution in [2.45, 2.75) is 168 Å². The third-order valence-electron chi connectivity index (χ3n) is 13.0. The van der Waals surface area contributed by atoms with Gasteiger partial charge in [-0.2, -0.15) is 0 Å². The number of cyclic esters (lactones) is 1. The van der Waals surface area contributed by atoms with Gasteiger partial charge in [-0.15, -0.1) is 0 Å². The number of piperidine rings is 1. The number of aliphatic hydroxyl groups excluding tert-OH is 2. The quantitative estimate of drug-likeness (QED) is 0.184. The molecule has 306 valence electrons. The van der Waals surface area contributed by atoms with Crippen molar-refractivity contribution >= 4 is 23.4 Å². The zero-order valence-corrected chi connectivity index (χ0v) is 34.3. The van der Waals surface area contributed by atoms with E-state index >= 15 is 0 Å². The molecule has 14 atom stereocenters. The SMILES string of the molecule is CC[C@@H]1/C=C(\C)C[C@H](C)C[C@H](C)C2OC(O)(C(=O)C(=O)N3CCCCC3C(=O)OC(/C(C)=C/[C@@H]3CCC(O)C(OC)C3)[C@H](C)C(O)CC1=O)[C@H](C)C[C@@H]2C. The number of esters is 1. The highest BCUT2D eigenvalue weighted by atomic mass is 16.6. The first kappa shape index (κ1) is 44.3. The van der Waals surface area contributed by atoms with Crippen molar-refractivity contribution in [2.75, 3.05) is 13.7 Å². The Kier molecular flexibility index (Phi) is 15.7. The molecule has 0 aromatic rings. The Hall–Kier alpha value is -2.44. The number of amides is 1. The summed E-state index contributed by atoms with van der Waals surface area (Å²) in [7, 11) is 1.57. The maximum atomic E-state index is 14.2. The van der Waals surface area contributed by atoms with Gasteiger partial charge >= 0.3 is 5.97 Å². The van der Waals surface area contributed by atoms with Crippen LogP contribution in [0.2, 0.25) is 0 Å². The number of rotatable bonds is 4. The summed E-state index contributed by atoms with van der Waals surface area (Å²) in [6, 6.07) is -1.08. The van der Waals surface area contributed by atoms with Crippen LogP contribution in [0.5, 0.6) is 0 Å². The second kappa shape index (κ2) is 19.1. The number of nitrogens with zero attached hydrogens (tertiary/aromatic N) is 1. The van der Waals surface area contributed by atoms with Crippen LogP contribution in [0, 0.1) is 41.4 Å². The van der Waals surface area contributed by atoms with Gasteiger partial charge in [-0.25, -0.2) is 4.79 Å². The molecule has 1 aliphatic carbocycles. The van der Waals surface area contributed by atoms with Gasteiger partial charge in [0.1, 0.15) is 17.9 Å². The molecule has 0 radical (unpaired) electrons. The molecule has 3 N–H and O–H groups in total. The lowest BCUT2D eigenvalue weighted by Crippen LogP contribution is -2.62. The summed E-state index contributed by atoms with van der Waals surface area (Å²) in [5.41, 5.74) is 1.76. The van der Waals surface area contributed by atoms with Crippen molar-refractivity contribution in [1.82, 2.24) is 4.90 Å². The number of fused-ring (bicyclic) bond motifs is 3. The highest BCUT2D eigenvalue weighted by molar-refractivity contribution is 6.39. The number of hydrogen-bond donors (Lipinski definition) is 3. The predicted molar refractivity (Wildman–Crippen MR) is 205 cm³/mol. The zero-order chi connectivity index (χ0) is 40.1. The molecule has 1 saturated carbocycles. The Bertz CT molecular complexity index is 1390. The fraction of sp³-hybridized carbons (Fsp3) is 0.814. The van der Waals surface area contributed by atoms with E-state index in [9.17, 15) is 34.5 Å². The number of hydrogen-bond acceptors (Lipinski definition) is 10. The van der Waals surface area contributed by atoms with Crippen molar-refractivity contribution in [3.05, 3.63) is 23.3 Å². The van der Waals surface area contributed by atoms with Crippen LogP contribution in [0.25, 0.3) is 0 Å². The van der Waals surface area contributed by atoms with E-state index < -0.39 is 65.7 Å². The maximum Gasteiger partial charge on any atom is 0.329 e. The molecule has 11 nitrogen and oxygen atoms in total. The van der Waals surface area contributed by atoms with Crippen molar-refractivity contribution in [3.63, 3.8) is 0 Å². The van der Waals surface area contributed by atoms with Gasteiger partial charge in [0.2, 0.25) is 5.79 Å². The second-order valence-corrected chi connectivity index (χ2v) is 17.6. The number of Topliss-reactive ketones (excluding diaryl/α,β-unsaturated/α-hetero) is 2. The van der Waals surface area contributed by atoms with E-state index in [-0.39, 0.29) is 60.9 Å². The molecule has 3 fully saturated rings. The van der Waals surface area contributed by atoms with Gasteiger partial charge in [-0.1, -0.05) is 59.3 Å². The largest absolute Gasteiger partial charge is 0.456 e. The van der Waals surface area contributed by atoms with E-state index in [1.807, 2.05) is 46.8 Å². The van der Waals surface area contributed by atoms with Gasteiger partial charge in [0.15, 0.2) is 0 Å². The molecular weight excluding hydrogens is 690 g/mol. The first-order chi connectivity index (χ1) is 25.4. The lowest BCUT2D eigenvalue weighted by molar-refractivity contribution is -0.282. The standard InChI is InChI=1S/C43H69NO10/c1-10-32-19-25(3)17-24(2)18-26(4)38-27(5)20-29(7)43(51,54-38)40(48)41(49)44-16-12-11-13-33(44)42(50)53-39(30(8)35(46)23-36(32)47)28(6)21-31-14-15-34(45)37(22-31)52-9/h19,21,24,26-27,29-35,37-39,45-46,51H,10-18,20,22-23H2,1-9H3/b25-19+,28-21+/t24-,26-,27-,29+,30+,31-,32+,33?,34?,35?,37?,38?,39?,43?/m0/s1. The average Bonchev–Trinajstić information content (AvgIpc) is 3.13. The number of carbonyl (C=O) groups is 4. The number of allylic oxidation sites excluding steroid dienone is 3. The molecule has 4 rings (SSSR count). The molecule has 2 bridgehead atoms. The molecule has 11 heteroatoms. The van der Waals surface area contributed by atoms with Gasteiger partial charge in [0.25, 0.3) is 11.7 Å².